The number of nitrogens with zero attached hydrogens (tertiary/aromatic N) is 1. The van der Waals surface area contributed by atoms with Gasteiger partial charge in [0.2, 0.25) is 0 Å². The molecular weight excluding hydrogens is 350 g/mol. The average molecular weight is 378 g/mol. The van der Waals surface area contributed by atoms with E-state index < -0.39 is 0 Å². The van der Waals surface area contributed by atoms with Crippen LogP contribution in [0.5, 0.6) is 5.75 Å². The normalized spacial score (nSPS) is 32.2. The third-order valence-electron chi connectivity index (χ3n) is 6.52. The van der Waals surface area contributed by atoms with Crippen molar-refractivity contribution in [1.29, 1.82) is 0 Å². The van der Waals surface area contributed by atoms with Gasteiger partial charge in [-0.2, -0.15) is 0 Å². The Morgan fingerprint density at radius 2 is 2.22 bits per heavy atom. The lowest BCUT2D eigenvalue weighted by molar-refractivity contribution is -0.00517. The Morgan fingerprint density at radius 1 is 1.35 bits per heavy atom. The number of rotatable bonds is 3. The highest BCUT2D eigenvalue weighted by atomic mass is 79.9. The zero-order valence-electron chi connectivity index (χ0n) is 14.1. The standard InChI is InChI=1S/C20H27NO.BrH/c1-3-11-21-12-10-20-9-5-4-6-17(20)19(21)13-15-7-8-16(22-2)14-18(15)20;/h3,7-8,14,17,19H,1,4-6,9-13H2,2H3;1H/t17-,19-,20+;/m0./s1. The van der Waals surface area contributed by atoms with Crippen LogP contribution in [-0.2, 0) is 11.8 Å². The van der Waals surface area contributed by atoms with E-state index in [0.29, 0.717) is 11.5 Å². The minimum absolute atomic E-state index is 0. The van der Waals surface area contributed by atoms with Crippen molar-refractivity contribution in [2.45, 2.75) is 50.0 Å². The van der Waals surface area contributed by atoms with Gasteiger partial charge in [-0.25, -0.2) is 0 Å². The smallest absolute Gasteiger partial charge is 0.119 e. The van der Waals surface area contributed by atoms with E-state index in [9.17, 15) is 0 Å². The highest BCUT2D eigenvalue weighted by Crippen LogP contribution is 2.56. The number of hydrogen-bond acceptors (Lipinski definition) is 2. The van der Waals surface area contributed by atoms with Crippen LogP contribution in [0.25, 0.3) is 0 Å². The third-order valence-corrected chi connectivity index (χ3v) is 6.52. The van der Waals surface area contributed by atoms with Gasteiger partial charge in [0.05, 0.1) is 7.11 Å². The summed E-state index contributed by atoms with van der Waals surface area (Å²) < 4.78 is 5.53. The topological polar surface area (TPSA) is 12.5 Å². The van der Waals surface area contributed by atoms with Crippen molar-refractivity contribution < 1.29 is 4.74 Å². The number of hydrogen-bond donors (Lipinski definition) is 0. The molecule has 0 N–H and O–H groups in total. The van der Waals surface area contributed by atoms with Crippen molar-refractivity contribution in [2.24, 2.45) is 5.92 Å². The molecule has 1 saturated carbocycles. The molecule has 3 heteroatoms. The first kappa shape index (κ1) is 17.0. The molecule has 1 saturated heterocycles. The van der Waals surface area contributed by atoms with Gasteiger partial charge in [0.15, 0.2) is 0 Å². The quantitative estimate of drug-likeness (QED) is 0.718. The summed E-state index contributed by atoms with van der Waals surface area (Å²) in [5.41, 5.74) is 3.60. The number of likely N-dealkylation sites (tertiary alicyclic amines) is 1. The summed E-state index contributed by atoms with van der Waals surface area (Å²) in [7, 11) is 1.79. The summed E-state index contributed by atoms with van der Waals surface area (Å²) in [6.07, 6.45) is 10.2. The summed E-state index contributed by atoms with van der Waals surface area (Å²) in [5, 5.41) is 0. The van der Waals surface area contributed by atoms with Crippen molar-refractivity contribution in [3.63, 3.8) is 0 Å². The minimum Gasteiger partial charge on any atom is -0.497 e. The molecule has 0 spiro atoms. The largest absolute Gasteiger partial charge is 0.497 e. The summed E-state index contributed by atoms with van der Waals surface area (Å²) in [6.45, 7) is 6.24. The third kappa shape index (κ3) is 2.56. The maximum absolute atomic E-state index is 5.53. The molecule has 1 aliphatic heterocycles. The number of fused-ring (bicyclic) bond motifs is 1. The second-order valence-corrected chi connectivity index (χ2v) is 7.34. The van der Waals surface area contributed by atoms with Gasteiger partial charge in [0.1, 0.15) is 5.75 Å². The first-order chi connectivity index (χ1) is 10.8. The first-order valence-electron chi connectivity index (χ1n) is 8.81. The van der Waals surface area contributed by atoms with Gasteiger partial charge in [-0.05, 0) is 61.4 Å². The van der Waals surface area contributed by atoms with E-state index in [2.05, 4.69) is 35.8 Å². The molecule has 0 radical (unpaired) electrons. The zero-order chi connectivity index (χ0) is 15.2. The van der Waals surface area contributed by atoms with Crippen LogP contribution >= 0.6 is 17.0 Å². The van der Waals surface area contributed by atoms with Gasteiger partial charge in [-0.3, -0.25) is 4.90 Å². The van der Waals surface area contributed by atoms with Crippen LogP contribution in [0.2, 0.25) is 0 Å². The number of benzene rings is 1. The predicted molar refractivity (Wildman–Crippen MR) is 101 cm³/mol. The molecule has 3 atom stereocenters. The molecule has 1 aromatic carbocycles. The summed E-state index contributed by atoms with van der Waals surface area (Å²) in [5.74, 6) is 1.86. The Morgan fingerprint density at radius 3 is 3.00 bits per heavy atom. The maximum atomic E-state index is 5.53. The Kier molecular flexibility index (Phi) is 4.89. The Bertz CT molecular complexity index is 587. The van der Waals surface area contributed by atoms with E-state index in [4.69, 9.17) is 4.74 Å². The lowest BCUT2D eigenvalue weighted by Crippen LogP contribution is -2.60. The number of methoxy groups -OCH3 is 1. The molecule has 126 valence electrons. The number of ether oxygens (including phenoxy) is 1. The van der Waals surface area contributed by atoms with Crippen molar-refractivity contribution in [3.05, 3.63) is 42.0 Å². The molecule has 1 heterocycles. The molecule has 1 aromatic rings. The fraction of sp³-hybridized carbons (Fsp3) is 0.600. The Hall–Kier alpha value is -0.800. The Labute approximate surface area is 150 Å². The summed E-state index contributed by atoms with van der Waals surface area (Å²) in [4.78, 5) is 2.69. The zero-order valence-corrected chi connectivity index (χ0v) is 15.8. The SMILES string of the molecule is Br.C=CCN1CC[C@]23CCCC[C@H]2[C@@H]1Cc1ccc(OC)cc13. The van der Waals surface area contributed by atoms with Gasteiger partial charge in [-0.1, -0.05) is 25.0 Å². The van der Waals surface area contributed by atoms with Crippen molar-refractivity contribution in [3.8, 4) is 5.75 Å². The van der Waals surface area contributed by atoms with E-state index in [-0.39, 0.29) is 17.0 Å². The van der Waals surface area contributed by atoms with Crippen LogP contribution in [0.15, 0.2) is 30.9 Å². The van der Waals surface area contributed by atoms with Gasteiger partial charge >= 0.3 is 0 Å². The monoisotopic (exact) mass is 377 g/mol. The van der Waals surface area contributed by atoms with E-state index >= 15 is 0 Å². The summed E-state index contributed by atoms with van der Waals surface area (Å²) in [6, 6.07) is 7.54. The second-order valence-electron chi connectivity index (χ2n) is 7.34. The van der Waals surface area contributed by atoms with Crippen LogP contribution in [0, 0.1) is 5.92 Å². The highest BCUT2D eigenvalue weighted by Gasteiger charge is 2.53. The minimum atomic E-state index is 0. The molecule has 0 unspecified atom stereocenters. The van der Waals surface area contributed by atoms with Crippen LogP contribution < -0.4 is 4.74 Å². The lowest BCUT2D eigenvalue weighted by Gasteiger charge is -2.59. The van der Waals surface area contributed by atoms with E-state index in [1.54, 1.807) is 18.2 Å². The molecule has 0 amide bonds. The van der Waals surface area contributed by atoms with E-state index in [1.165, 1.54) is 45.1 Å². The average Bonchev–Trinajstić information content (AvgIpc) is 2.57. The van der Waals surface area contributed by atoms with Gasteiger partial charge in [-0.15, -0.1) is 23.6 Å². The molecule has 2 aliphatic carbocycles. The van der Waals surface area contributed by atoms with E-state index in [0.717, 1.165) is 18.2 Å². The number of halogens is 1. The van der Waals surface area contributed by atoms with Crippen LogP contribution in [0.4, 0.5) is 0 Å². The highest BCUT2D eigenvalue weighted by molar-refractivity contribution is 8.93. The second kappa shape index (κ2) is 6.60. The molecule has 2 bridgehead atoms. The predicted octanol–water partition coefficient (Wildman–Crippen LogP) is 4.52. The molecule has 0 aromatic heterocycles. The molecule has 2 fully saturated rings. The van der Waals surface area contributed by atoms with Gasteiger partial charge in [0, 0.05) is 18.0 Å². The molecule has 3 aliphatic rings. The molecule has 2 nitrogen and oxygen atoms in total. The molecular formula is C20H28BrNO. The number of piperidine rings is 1. The Balaban J connectivity index is 0.00000156. The van der Waals surface area contributed by atoms with E-state index in [1.807, 2.05) is 0 Å². The summed E-state index contributed by atoms with van der Waals surface area (Å²) >= 11 is 0. The van der Waals surface area contributed by atoms with Gasteiger partial charge in [0.25, 0.3) is 0 Å². The fourth-order valence-corrected chi connectivity index (χ4v) is 5.58. The van der Waals surface area contributed by atoms with Crippen LogP contribution in [0.3, 0.4) is 0 Å². The molecule has 4 rings (SSSR count). The molecule has 23 heavy (non-hydrogen) atoms. The van der Waals surface area contributed by atoms with Crippen molar-refractivity contribution in [1.82, 2.24) is 4.90 Å². The van der Waals surface area contributed by atoms with Gasteiger partial charge < -0.3 is 4.74 Å². The van der Waals surface area contributed by atoms with Crippen molar-refractivity contribution >= 4 is 17.0 Å². The van der Waals surface area contributed by atoms with Crippen LogP contribution in [0.1, 0.15) is 43.2 Å². The first-order valence-corrected chi connectivity index (χ1v) is 8.81. The van der Waals surface area contributed by atoms with Crippen LogP contribution in [-0.4, -0.2) is 31.1 Å². The lowest BCUT2D eigenvalue weighted by atomic mass is 9.52. The van der Waals surface area contributed by atoms with Crippen molar-refractivity contribution in [2.75, 3.05) is 20.2 Å². The maximum Gasteiger partial charge on any atom is 0.119 e. The fourth-order valence-electron chi connectivity index (χ4n) is 5.58.